The van der Waals surface area contributed by atoms with Crippen LogP contribution in [0.15, 0.2) is 0 Å². The highest BCUT2D eigenvalue weighted by Gasteiger charge is 2.27. The molecule has 0 aromatic rings. The van der Waals surface area contributed by atoms with Gasteiger partial charge in [0.25, 0.3) is 0 Å². The third kappa shape index (κ3) is 3.24. The summed E-state index contributed by atoms with van der Waals surface area (Å²) in [5.41, 5.74) is 0. The van der Waals surface area contributed by atoms with Gasteiger partial charge >= 0.3 is 6.09 Å². The van der Waals surface area contributed by atoms with E-state index in [0.717, 1.165) is 4.90 Å². The highest BCUT2D eigenvalue weighted by Crippen LogP contribution is 2.05. The van der Waals surface area contributed by atoms with E-state index in [2.05, 4.69) is 0 Å². The maximum atomic E-state index is 11.4. The Morgan fingerprint density at radius 2 is 2.20 bits per heavy atom. The van der Waals surface area contributed by atoms with E-state index in [1.165, 1.54) is 4.90 Å². The summed E-state index contributed by atoms with van der Waals surface area (Å²) in [6, 6.07) is 0. The molecule has 2 N–H and O–H groups in total. The van der Waals surface area contributed by atoms with Crippen molar-refractivity contribution in [2.24, 2.45) is 0 Å². The Morgan fingerprint density at radius 3 is 2.67 bits per heavy atom. The van der Waals surface area contributed by atoms with Crippen LogP contribution in [-0.2, 0) is 4.79 Å². The van der Waals surface area contributed by atoms with Crippen LogP contribution in [0.2, 0.25) is 0 Å². The van der Waals surface area contributed by atoms with Crippen LogP contribution in [0.1, 0.15) is 0 Å². The van der Waals surface area contributed by atoms with Gasteiger partial charge in [0.2, 0.25) is 5.91 Å². The third-order valence-electron chi connectivity index (χ3n) is 2.20. The Kier molecular flexibility index (Phi) is 4.16. The molecule has 86 valence electrons. The van der Waals surface area contributed by atoms with Gasteiger partial charge in [0, 0.05) is 19.6 Å². The van der Waals surface area contributed by atoms with Crippen molar-refractivity contribution in [2.45, 2.75) is 6.10 Å². The Hall–Kier alpha value is -1.01. The van der Waals surface area contributed by atoms with Crippen molar-refractivity contribution in [2.75, 3.05) is 32.1 Å². The Balaban J connectivity index is 2.46. The quantitative estimate of drug-likeness (QED) is 0.642. The lowest BCUT2D eigenvalue weighted by atomic mass is 10.3. The largest absolute Gasteiger partial charge is 0.465 e. The zero-order valence-corrected chi connectivity index (χ0v) is 8.85. The number of carbonyl (C=O) groups excluding carboxylic acids is 1. The van der Waals surface area contributed by atoms with Gasteiger partial charge in [0.15, 0.2) is 0 Å². The maximum absolute atomic E-state index is 11.4. The third-order valence-corrected chi connectivity index (χ3v) is 2.55. The second kappa shape index (κ2) is 5.18. The van der Waals surface area contributed by atoms with Gasteiger partial charge in [-0.25, -0.2) is 4.79 Å². The first-order chi connectivity index (χ1) is 7.04. The molecule has 0 saturated carbocycles. The lowest BCUT2D eigenvalue weighted by Gasteiger charge is -2.33. The van der Waals surface area contributed by atoms with Crippen LogP contribution in [-0.4, -0.2) is 70.2 Å². The molecule has 15 heavy (non-hydrogen) atoms. The molecular weight excluding hydrogens is 224 g/mol. The second-order valence-electron chi connectivity index (χ2n) is 3.35. The number of hydrogen-bond acceptors (Lipinski definition) is 3. The minimum Gasteiger partial charge on any atom is -0.465 e. The number of β-amino-alcohol motifs (C(OH)–C–C–N with tert-alkyl or cyclic N) is 1. The molecule has 1 aliphatic heterocycles. The number of aliphatic hydroxyl groups is 1. The summed E-state index contributed by atoms with van der Waals surface area (Å²) >= 11 is 5.41. The van der Waals surface area contributed by atoms with Gasteiger partial charge in [-0.1, -0.05) is 0 Å². The summed E-state index contributed by atoms with van der Waals surface area (Å²) < 4.78 is 0. The van der Waals surface area contributed by atoms with E-state index in [-0.39, 0.29) is 31.4 Å². The normalized spacial score (nSPS) is 19.2. The van der Waals surface area contributed by atoms with Crippen molar-refractivity contribution in [3.8, 4) is 0 Å². The number of halogens is 1. The fraction of sp³-hybridized carbons (Fsp3) is 0.750. The van der Waals surface area contributed by atoms with Crippen LogP contribution in [0.5, 0.6) is 0 Å². The lowest BCUT2D eigenvalue weighted by Crippen LogP contribution is -2.53. The van der Waals surface area contributed by atoms with Gasteiger partial charge < -0.3 is 15.1 Å². The topological polar surface area (TPSA) is 81.1 Å². The molecule has 1 aliphatic rings. The number of aliphatic hydroxyl groups excluding tert-OH is 1. The van der Waals surface area contributed by atoms with Gasteiger partial charge in [0.1, 0.15) is 6.54 Å². The molecule has 0 spiro atoms. The number of piperazine rings is 1. The first-order valence-corrected chi connectivity index (χ1v) is 5.07. The molecular formula is C8H13ClN2O4. The fourth-order valence-corrected chi connectivity index (χ4v) is 1.47. The van der Waals surface area contributed by atoms with Crippen molar-refractivity contribution in [3.05, 3.63) is 0 Å². The Labute approximate surface area is 92.0 Å². The smallest absolute Gasteiger partial charge is 0.407 e. The van der Waals surface area contributed by atoms with Crippen LogP contribution in [0.3, 0.4) is 0 Å². The van der Waals surface area contributed by atoms with E-state index in [4.69, 9.17) is 16.7 Å². The second-order valence-corrected chi connectivity index (χ2v) is 3.66. The van der Waals surface area contributed by atoms with Gasteiger partial charge in [-0.2, -0.15) is 0 Å². The summed E-state index contributed by atoms with van der Waals surface area (Å²) in [7, 11) is 0. The summed E-state index contributed by atoms with van der Waals surface area (Å²) in [4.78, 5) is 24.5. The van der Waals surface area contributed by atoms with Crippen molar-refractivity contribution in [1.82, 2.24) is 9.80 Å². The summed E-state index contributed by atoms with van der Waals surface area (Å²) in [6.07, 6.45) is -1.85. The van der Waals surface area contributed by atoms with Crippen LogP contribution < -0.4 is 0 Å². The summed E-state index contributed by atoms with van der Waals surface area (Å²) in [5.74, 6) is -0.236. The summed E-state index contributed by atoms with van der Waals surface area (Å²) in [5, 5.41) is 17.9. The Morgan fingerprint density at radius 1 is 1.53 bits per heavy atom. The van der Waals surface area contributed by atoms with Crippen LogP contribution in [0.4, 0.5) is 4.79 Å². The van der Waals surface area contributed by atoms with E-state index in [9.17, 15) is 14.7 Å². The van der Waals surface area contributed by atoms with Gasteiger partial charge in [-0.3, -0.25) is 9.69 Å². The van der Waals surface area contributed by atoms with E-state index in [1.807, 2.05) is 0 Å². The van der Waals surface area contributed by atoms with Crippen LogP contribution >= 0.6 is 11.6 Å². The minimum absolute atomic E-state index is 0.0619. The van der Waals surface area contributed by atoms with E-state index in [1.54, 1.807) is 0 Å². The average Bonchev–Trinajstić information content (AvgIpc) is 2.20. The van der Waals surface area contributed by atoms with E-state index < -0.39 is 12.2 Å². The average molecular weight is 237 g/mol. The molecule has 1 atom stereocenters. The zero-order valence-electron chi connectivity index (χ0n) is 8.10. The molecule has 6 nitrogen and oxygen atoms in total. The predicted molar refractivity (Wildman–Crippen MR) is 52.9 cm³/mol. The van der Waals surface area contributed by atoms with E-state index in [0.29, 0.717) is 6.54 Å². The summed E-state index contributed by atoms with van der Waals surface area (Å²) in [6.45, 7) is 0.593. The molecule has 1 heterocycles. The molecule has 0 aliphatic carbocycles. The molecule has 1 rings (SSSR count). The molecule has 0 bridgehead atoms. The SMILES string of the molecule is O=C(O)N1CCN(CC(O)CCl)C(=O)C1. The highest BCUT2D eigenvalue weighted by molar-refractivity contribution is 6.18. The van der Waals surface area contributed by atoms with Crippen molar-refractivity contribution < 1.29 is 19.8 Å². The standard InChI is InChI=1S/C8H13ClN2O4/c9-3-6(12)4-10-1-2-11(8(14)15)5-7(10)13/h6,12H,1-5H2,(H,14,15). The fourth-order valence-electron chi connectivity index (χ4n) is 1.37. The van der Waals surface area contributed by atoms with E-state index >= 15 is 0 Å². The number of amides is 2. The number of carboxylic acid groups (broad SMARTS) is 1. The van der Waals surface area contributed by atoms with Gasteiger partial charge in [-0.05, 0) is 0 Å². The molecule has 1 unspecified atom stereocenters. The number of nitrogens with zero attached hydrogens (tertiary/aromatic N) is 2. The molecule has 1 saturated heterocycles. The monoisotopic (exact) mass is 236 g/mol. The molecule has 7 heteroatoms. The van der Waals surface area contributed by atoms with Crippen molar-refractivity contribution >= 4 is 23.6 Å². The molecule has 1 fully saturated rings. The zero-order chi connectivity index (χ0) is 11.4. The van der Waals surface area contributed by atoms with Gasteiger partial charge in [-0.15, -0.1) is 11.6 Å². The van der Waals surface area contributed by atoms with Crippen LogP contribution in [0.25, 0.3) is 0 Å². The van der Waals surface area contributed by atoms with Crippen molar-refractivity contribution in [1.29, 1.82) is 0 Å². The number of rotatable bonds is 3. The number of alkyl halides is 1. The number of carbonyl (C=O) groups is 2. The first-order valence-electron chi connectivity index (χ1n) is 4.54. The maximum Gasteiger partial charge on any atom is 0.407 e. The van der Waals surface area contributed by atoms with Gasteiger partial charge in [0.05, 0.1) is 12.0 Å². The highest BCUT2D eigenvalue weighted by atomic mass is 35.5. The molecule has 2 amide bonds. The molecule has 0 aromatic heterocycles. The minimum atomic E-state index is -1.10. The molecule has 0 aromatic carbocycles. The molecule has 0 radical (unpaired) electrons. The van der Waals surface area contributed by atoms with Crippen molar-refractivity contribution in [3.63, 3.8) is 0 Å². The van der Waals surface area contributed by atoms with Crippen LogP contribution in [0, 0.1) is 0 Å². The predicted octanol–water partition coefficient (Wildman–Crippen LogP) is -0.592. The Bertz CT molecular complexity index is 261. The number of hydrogen-bond donors (Lipinski definition) is 2. The lowest BCUT2D eigenvalue weighted by molar-refractivity contribution is -0.136. The first kappa shape index (κ1) is 12.1.